The highest BCUT2D eigenvalue weighted by Crippen LogP contribution is 2.30. The molecule has 0 atom stereocenters. The Balaban J connectivity index is 2.51. The first-order chi connectivity index (χ1) is 7.76. The van der Waals surface area contributed by atoms with Crippen LogP contribution in [0.4, 0.5) is 10.6 Å². The summed E-state index contributed by atoms with van der Waals surface area (Å²) < 4.78 is 1.54. The zero-order chi connectivity index (χ0) is 13.0. The third-order valence-corrected chi connectivity index (χ3v) is 3.25. The Morgan fingerprint density at radius 3 is 2.18 bits per heavy atom. The number of rotatable bonds is 1. The molecule has 0 N–H and O–H groups in total. The molecule has 6 nitrogen and oxygen atoms in total. The van der Waals surface area contributed by atoms with Crippen LogP contribution in [-0.4, -0.2) is 39.2 Å². The van der Waals surface area contributed by atoms with Crippen molar-refractivity contribution in [2.45, 2.75) is 26.3 Å². The van der Waals surface area contributed by atoms with Crippen LogP contribution in [-0.2, 0) is 11.8 Å². The van der Waals surface area contributed by atoms with Crippen LogP contribution < -0.4 is 4.90 Å². The lowest BCUT2D eigenvalue weighted by atomic mass is 10.1. The quantitative estimate of drug-likeness (QED) is 0.681. The minimum Gasteiger partial charge on any atom is -0.313 e. The molecular weight excluding hydrogens is 220 g/mol. The first kappa shape index (κ1) is 11.6. The van der Waals surface area contributed by atoms with Crippen LogP contribution >= 0.6 is 0 Å². The second kappa shape index (κ2) is 3.32. The maximum Gasteiger partial charge on any atom is 0.333 e. The lowest BCUT2D eigenvalue weighted by Crippen LogP contribution is -2.41. The van der Waals surface area contributed by atoms with E-state index in [1.54, 1.807) is 38.7 Å². The third kappa shape index (κ3) is 1.44. The van der Waals surface area contributed by atoms with Gasteiger partial charge in [-0.3, -0.25) is 9.48 Å². The van der Waals surface area contributed by atoms with E-state index in [2.05, 4.69) is 5.10 Å². The van der Waals surface area contributed by atoms with Crippen LogP contribution in [0.1, 0.15) is 19.5 Å². The van der Waals surface area contributed by atoms with Gasteiger partial charge < -0.3 is 4.90 Å². The largest absolute Gasteiger partial charge is 0.333 e. The van der Waals surface area contributed by atoms with Gasteiger partial charge in [0, 0.05) is 20.2 Å². The molecule has 0 aromatic carbocycles. The summed E-state index contributed by atoms with van der Waals surface area (Å²) in [5, 5.41) is 4.15. The van der Waals surface area contributed by atoms with Crippen molar-refractivity contribution in [3.05, 3.63) is 11.8 Å². The van der Waals surface area contributed by atoms with Crippen LogP contribution in [0.5, 0.6) is 0 Å². The smallest absolute Gasteiger partial charge is 0.313 e. The number of carbonyl (C=O) groups excluding carboxylic acids is 2. The fraction of sp³-hybridized carbons (Fsp3) is 0.545. The molecule has 1 aromatic heterocycles. The van der Waals surface area contributed by atoms with E-state index in [0.717, 1.165) is 5.69 Å². The number of anilines is 1. The van der Waals surface area contributed by atoms with E-state index in [1.807, 2.05) is 6.92 Å². The fourth-order valence-electron chi connectivity index (χ4n) is 1.90. The van der Waals surface area contributed by atoms with Crippen LogP contribution in [0.2, 0.25) is 0 Å². The van der Waals surface area contributed by atoms with Gasteiger partial charge in [-0.1, -0.05) is 0 Å². The maximum atomic E-state index is 12.2. The standard InChI is InChI=1S/C11H16N4O2/c1-7-6-8(14(5)12-7)15-9(16)11(2,3)13(4)10(15)17/h6H,1-5H3. The molecule has 0 unspecified atom stereocenters. The summed E-state index contributed by atoms with van der Waals surface area (Å²) in [6, 6.07) is 1.41. The summed E-state index contributed by atoms with van der Waals surface area (Å²) >= 11 is 0. The fourth-order valence-corrected chi connectivity index (χ4v) is 1.90. The Bertz CT molecular complexity index is 504. The predicted molar refractivity (Wildman–Crippen MR) is 62.7 cm³/mol. The van der Waals surface area contributed by atoms with E-state index in [4.69, 9.17) is 0 Å². The van der Waals surface area contributed by atoms with E-state index in [9.17, 15) is 9.59 Å². The molecule has 1 fully saturated rings. The highest BCUT2D eigenvalue weighted by molar-refractivity contribution is 6.22. The number of imide groups is 1. The molecule has 2 heterocycles. The van der Waals surface area contributed by atoms with Crippen molar-refractivity contribution in [1.29, 1.82) is 0 Å². The molecule has 0 radical (unpaired) electrons. The van der Waals surface area contributed by atoms with Crippen molar-refractivity contribution >= 4 is 17.8 Å². The zero-order valence-corrected chi connectivity index (χ0v) is 10.7. The van der Waals surface area contributed by atoms with Crippen LogP contribution in [0.15, 0.2) is 6.07 Å². The topological polar surface area (TPSA) is 58.4 Å². The molecule has 0 spiro atoms. The van der Waals surface area contributed by atoms with Crippen molar-refractivity contribution < 1.29 is 9.59 Å². The molecule has 17 heavy (non-hydrogen) atoms. The lowest BCUT2D eigenvalue weighted by molar-refractivity contribution is -0.123. The van der Waals surface area contributed by atoms with Gasteiger partial charge in [0.05, 0.1) is 5.69 Å². The molecule has 0 aliphatic carbocycles. The Kier molecular flexibility index (Phi) is 2.27. The van der Waals surface area contributed by atoms with E-state index >= 15 is 0 Å². The number of urea groups is 1. The molecule has 1 aliphatic rings. The molecule has 0 saturated carbocycles. The predicted octanol–water partition coefficient (Wildman–Crippen LogP) is 0.906. The summed E-state index contributed by atoms with van der Waals surface area (Å²) in [4.78, 5) is 26.9. The number of nitrogens with zero attached hydrogens (tertiary/aromatic N) is 4. The highest BCUT2D eigenvalue weighted by Gasteiger charge is 2.50. The SMILES string of the molecule is Cc1cc(N2C(=O)N(C)C(C)(C)C2=O)n(C)n1. The molecule has 1 saturated heterocycles. The molecule has 6 heteroatoms. The number of aromatic nitrogens is 2. The molecule has 92 valence electrons. The van der Waals surface area contributed by atoms with Crippen molar-refractivity contribution in [3.8, 4) is 0 Å². The summed E-state index contributed by atoms with van der Waals surface area (Å²) in [6.07, 6.45) is 0. The average Bonchev–Trinajstić information content (AvgIpc) is 2.62. The maximum absolute atomic E-state index is 12.2. The van der Waals surface area contributed by atoms with Gasteiger partial charge in [-0.15, -0.1) is 0 Å². The monoisotopic (exact) mass is 236 g/mol. The van der Waals surface area contributed by atoms with Crippen LogP contribution in [0.25, 0.3) is 0 Å². The Morgan fingerprint density at radius 1 is 1.24 bits per heavy atom. The third-order valence-electron chi connectivity index (χ3n) is 3.25. The molecule has 2 rings (SSSR count). The minimum absolute atomic E-state index is 0.229. The summed E-state index contributed by atoms with van der Waals surface area (Å²) in [5.74, 6) is 0.280. The average molecular weight is 236 g/mol. The first-order valence-electron chi connectivity index (χ1n) is 5.40. The van der Waals surface area contributed by atoms with Gasteiger partial charge in [0.1, 0.15) is 11.4 Å². The summed E-state index contributed by atoms with van der Waals surface area (Å²) in [6.45, 7) is 5.29. The Morgan fingerprint density at radius 2 is 1.82 bits per heavy atom. The van der Waals surface area contributed by atoms with Crippen molar-refractivity contribution in [1.82, 2.24) is 14.7 Å². The van der Waals surface area contributed by atoms with Crippen LogP contribution in [0.3, 0.4) is 0 Å². The van der Waals surface area contributed by atoms with Gasteiger partial charge in [-0.25, -0.2) is 9.69 Å². The van der Waals surface area contributed by atoms with Gasteiger partial charge >= 0.3 is 6.03 Å². The van der Waals surface area contributed by atoms with Gasteiger partial charge in [-0.2, -0.15) is 5.10 Å². The second-order valence-electron chi connectivity index (χ2n) is 4.81. The summed E-state index contributed by atoms with van der Waals surface area (Å²) in [5.41, 5.74) is -0.0367. The lowest BCUT2D eigenvalue weighted by Gasteiger charge is -2.22. The normalized spacial score (nSPS) is 19.4. The zero-order valence-electron chi connectivity index (χ0n) is 10.7. The van der Waals surface area contributed by atoms with Crippen LogP contribution in [0, 0.1) is 6.92 Å². The molecule has 1 aromatic rings. The Labute approximate surface area is 99.8 Å². The van der Waals surface area contributed by atoms with Gasteiger partial charge in [-0.05, 0) is 20.8 Å². The van der Waals surface area contributed by atoms with Crippen molar-refractivity contribution in [2.24, 2.45) is 7.05 Å². The van der Waals surface area contributed by atoms with E-state index in [-0.39, 0.29) is 11.9 Å². The number of aryl methyl sites for hydroxylation is 2. The molecular formula is C11H16N4O2. The Hall–Kier alpha value is -1.85. The van der Waals surface area contributed by atoms with Gasteiger partial charge in [0.15, 0.2) is 0 Å². The van der Waals surface area contributed by atoms with E-state index < -0.39 is 5.54 Å². The second-order valence-corrected chi connectivity index (χ2v) is 4.81. The minimum atomic E-state index is -0.810. The molecule has 0 bridgehead atoms. The summed E-state index contributed by atoms with van der Waals surface area (Å²) in [7, 11) is 3.34. The van der Waals surface area contributed by atoms with Gasteiger partial charge in [0.2, 0.25) is 0 Å². The first-order valence-corrected chi connectivity index (χ1v) is 5.40. The number of amides is 3. The van der Waals surface area contributed by atoms with E-state index in [1.165, 1.54) is 9.80 Å². The van der Waals surface area contributed by atoms with Crippen molar-refractivity contribution in [3.63, 3.8) is 0 Å². The highest BCUT2D eigenvalue weighted by atomic mass is 16.2. The number of hydrogen-bond donors (Lipinski definition) is 0. The molecule has 3 amide bonds. The number of likely N-dealkylation sites (N-methyl/N-ethyl adjacent to an activating group) is 1. The van der Waals surface area contributed by atoms with E-state index in [0.29, 0.717) is 5.82 Å². The van der Waals surface area contributed by atoms with Gasteiger partial charge in [0.25, 0.3) is 5.91 Å². The van der Waals surface area contributed by atoms with Crippen molar-refractivity contribution in [2.75, 3.05) is 11.9 Å². The number of hydrogen-bond acceptors (Lipinski definition) is 3. The number of carbonyl (C=O) groups is 2. The molecule has 1 aliphatic heterocycles.